The lowest BCUT2D eigenvalue weighted by Crippen LogP contribution is -2.28. The standard InChI is InChI=1S/C24H23ClFNO3S/c1-24(2,3)30-23(29)20-18(16-9-11-17(25)12-10-16)14-31-22(20)27-21(28)19(26)13-15-7-5-4-6-8-15/h4-12,14,19H,13H2,1-3H3,(H,27,28). The fourth-order valence-electron chi connectivity index (χ4n) is 2.93. The van der Waals surface area contributed by atoms with Crippen molar-refractivity contribution in [1.29, 1.82) is 0 Å². The number of esters is 1. The van der Waals surface area contributed by atoms with Crippen molar-refractivity contribution in [2.24, 2.45) is 0 Å². The number of anilines is 1. The third-order valence-electron chi connectivity index (χ3n) is 4.33. The maximum absolute atomic E-state index is 14.6. The molecule has 1 atom stereocenters. The van der Waals surface area contributed by atoms with Gasteiger partial charge in [0.2, 0.25) is 0 Å². The minimum Gasteiger partial charge on any atom is -0.456 e. The van der Waals surface area contributed by atoms with Crippen molar-refractivity contribution in [3.63, 3.8) is 0 Å². The lowest BCUT2D eigenvalue weighted by atomic mass is 10.0. The average molecular weight is 460 g/mol. The van der Waals surface area contributed by atoms with Gasteiger partial charge in [-0.1, -0.05) is 54.1 Å². The molecular weight excluding hydrogens is 437 g/mol. The molecule has 7 heteroatoms. The Balaban J connectivity index is 1.89. The van der Waals surface area contributed by atoms with Crippen molar-refractivity contribution in [2.75, 3.05) is 5.32 Å². The highest BCUT2D eigenvalue weighted by molar-refractivity contribution is 7.15. The summed E-state index contributed by atoms with van der Waals surface area (Å²) in [7, 11) is 0. The smallest absolute Gasteiger partial charge is 0.342 e. The molecule has 0 aliphatic heterocycles. The van der Waals surface area contributed by atoms with E-state index in [2.05, 4.69) is 5.32 Å². The van der Waals surface area contributed by atoms with Gasteiger partial charge >= 0.3 is 5.97 Å². The minimum atomic E-state index is -1.75. The first-order valence-electron chi connectivity index (χ1n) is 9.73. The Morgan fingerprint density at radius 2 is 1.74 bits per heavy atom. The monoisotopic (exact) mass is 459 g/mol. The highest BCUT2D eigenvalue weighted by Crippen LogP contribution is 2.37. The zero-order valence-corrected chi connectivity index (χ0v) is 19.0. The van der Waals surface area contributed by atoms with Crippen LogP contribution in [0.4, 0.5) is 9.39 Å². The molecule has 2 aromatic carbocycles. The van der Waals surface area contributed by atoms with Gasteiger partial charge in [-0.05, 0) is 44.0 Å². The number of rotatable bonds is 6. The van der Waals surface area contributed by atoms with Crippen LogP contribution in [-0.4, -0.2) is 23.6 Å². The summed E-state index contributed by atoms with van der Waals surface area (Å²) >= 11 is 7.13. The van der Waals surface area contributed by atoms with E-state index in [0.717, 1.165) is 16.9 Å². The summed E-state index contributed by atoms with van der Waals surface area (Å²) in [4.78, 5) is 25.5. The first kappa shape index (κ1) is 23.0. The average Bonchev–Trinajstić information content (AvgIpc) is 3.11. The van der Waals surface area contributed by atoms with Crippen molar-refractivity contribution in [1.82, 2.24) is 0 Å². The number of alkyl halides is 1. The van der Waals surface area contributed by atoms with Crippen LogP contribution in [0, 0.1) is 0 Å². The summed E-state index contributed by atoms with van der Waals surface area (Å²) in [6.07, 6.45) is -1.81. The van der Waals surface area contributed by atoms with E-state index < -0.39 is 23.6 Å². The molecule has 162 valence electrons. The molecular formula is C24H23ClFNO3S. The SMILES string of the molecule is CC(C)(C)OC(=O)c1c(-c2ccc(Cl)cc2)csc1NC(=O)C(F)Cc1ccccc1. The number of carbonyl (C=O) groups excluding carboxylic acids is 2. The van der Waals surface area contributed by atoms with Crippen LogP contribution in [0.25, 0.3) is 11.1 Å². The molecule has 0 radical (unpaired) electrons. The highest BCUT2D eigenvalue weighted by atomic mass is 35.5. The van der Waals surface area contributed by atoms with E-state index in [1.54, 1.807) is 74.7 Å². The zero-order chi connectivity index (χ0) is 22.6. The first-order valence-corrected chi connectivity index (χ1v) is 11.0. The molecule has 1 amide bonds. The molecule has 0 aliphatic rings. The van der Waals surface area contributed by atoms with Gasteiger partial charge < -0.3 is 10.1 Å². The van der Waals surface area contributed by atoms with Crippen molar-refractivity contribution in [3.05, 3.63) is 76.1 Å². The number of ether oxygens (including phenoxy) is 1. The van der Waals surface area contributed by atoms with Crippen LogP contribution in [0.15, 0.2) is 60.0 Å². The second-order valence-electron chi connectivity index (χ2n) is 8.01. The summed E-state index contributed by atoms with van der Waals surface area (Å²) in [5.41, 5.74) is 1.51. The molecule has 0 spiro atoms. The van der Waals surface area contributed by atoms with Crippen molar-refractivity contribution in [2.45, 2.75) is 39.0 Å². The van der Waals surface area contributed by atoms with Gasteiger partial charge in [0.25, 0.3) is 5.91 Å². The number of halogens is 2. The van der Waals surface area contributed by atoms with E-state index >= 15 is 0 Å². The Kier molecular flexibility index (Phi) is 7.13. The van der Waals surface area contributed by atoms with Crippen LogP contribution in [0.5, 0.6) is 0 Å². The molecule has 0 fully saturated rings. The second kappa shape index (κ2) is 9.62. The summed E-state index contributed by atoms with van der Waals surface area (Å²) < 4.78 is 20.2. The molecule has 3 rings (SSSR count). The predicted molar refractivity (Wildman–Crippen MR) is 124 cm³/mol. The number of hydrogen-bond acceptors (Lipinski definition) is 4. The maximum Gasteiger partial charge on any atom is 0.342 e. The van der Waals surface area contributed by atoms with Gasteiger partial charge in [-0.2, -0.15) is 0 Å². The van der Waals surface area contributed by atoms with E-state index in [1.165, 1.54) is 0 Å². The van der Waals surface area contributed by atoms with Gasteiger partial charge in [-0.3, -0.25) is 4.79 Å². The Morgan fingerprint density at radius 1 is 1.10 bits per heavy atom. The number of hydrogen-bond donors (Lipinski definition) is 1. The number of thiophene rings is 1. The molecule has 0 saturated heterocycles. The fourth-order valence-corrected chi connectivity index (χ4v) is 4.01. The number of benzene rings is 2. The quantitative estimate of drug-likeness (QED) is 0.425. The normalized spacial score (nSPS) is 12.3. The molecule has 31 heavy (non-hydrogen) atoms. The van der Waals surface area contributed by atoms with E-state index in [1.807, 2.05) is 6.07 Å². The molecule has 1 heterocycles. The lowest BCUT2D eigenvalue weighted by molar-refractivity contribution is -0.120. The van der Waals surface area contributed by atoms with Gasteiger partial charge in [-0.15, -0.1) is 11.3 Å². The maximum atomic E-state index is 14.6. The molecule has 1 N–H and O–H groups in total. The van der Waals surface area contributed by atoms with E-state index in [4.69, 9.17) is 16.3 Å². The third kappa shape index (κ3) is 6.15. The Hall–Kier alpha value is -2.70. The Bertz CT molecular complexity index is 1060. The van der Waals surface area contributed by atoms with Crippen LogP contribution in [0.3, 0.4) is 0 Å². The predicted octanol–water partition coefficient (Wildman–Crippen LogP) is 6.54. The van der Waals surface area contributed by atoms with Gasteiger partial charge in [0, 0.05) is 22.4 Å². The largest absolute Gasteiger partial charge is 0.456 e. The van der Waals surface area contributed by atoms with Crippen LogP contribution in [-0.2, 0) is 16.0 Å². The topological polar surface area (TPSA) is 55.4 Å². The van der Waals surface area contributed by atoms with Crippen molar-refractivity contribution < 1.29 is 18.7 Å². The number of nitrogens with one attached hydrogen (secondary N) is 1. The minimum absolute atomic E-state index is 0.0517. The van der Waals surface area contributed by atoms with Crippen molar-refractivity contribution in [3.8, 4) is 11.1 Å². The molecule has 0 saturated carbocycles. The van der Waals surface area contributed by atoms with Crippen LogP contribution < -0.4 is 5.32 Å². The van der Waals surface area contributed by atoms with E-state index in [9.17, 15) is 14.0 Å². The van der Waals surface area contributed by atoms with Crippen LogP contribution in [0.2, 0.25) is 5.02 Å². The number of carbonyl (C=O) groups is 2. The first-order chi connectivity index (χ1) is 14.6. The Morgan fingerprint density at radius 3 is 2.35 bits per heavy atom. The molecule has 1 aromatic heterocycles. The summed E-state index contributed by atoms with van der Waals surface area (Å²) in [5, 5.41) is 5.13. The summed E-state index contributed by atoms with van der Waals surface area (Å²) in [6, 6.07) is 15.9. The van der Waals surface area contributed by atoms with Gasteiger partial charge in [-0.25, -0.2) is 9.18 Å². The molecule has 0 aliphatic carbocycles. The van der Waals surface area contributed by atoms with E-state index in [-0.39, 0.29) is 17.0 Å². The van der Waals surface area contributed by atoms with Crippen LogP contribution in [0.1, 0.15) is 36.7 Å². The third-order valence-corrected chi connectivity index (χ3v) is 5.48. The van der Waals surface area contributed by atoms with Crippen LogP contribution >= 0.6 is 22.9 Å². The Labute approximate surface area is 190 Å². The van der Waals surface area contributed by atoms with E-state index in [0.29, 0.717) is 16.1 Å². The summed E-state index contributed by atoms with van der Waals surface area (Å²) in [6.45, 7) is 5.28. The van der Waals surface area contributed by atoms with Gasteiger partial charge in [0.05, 0.1) is 0 Å². The fraction of sp³-hybridized carbons (Fsp3) is 0.250. The molecule has 0 bridgehead atoms. The highest BCUT2D eigenvalue weighted by Gasteiger charge is 2.28. The van der Waals surface area contributed by atoms with Gasteiger partial charge in [0.15, 0.2) is 6.17 Å². The molecule has 3 aromatic rings. The second-order valence-corrected chi connectivity index (χ2v) is 9.32. The van der Waals surface area contributed by atoms with Gasteiger partial charge in [0.1, 0.15) is 16.2 Å². The summed E-state index contributed by atoms with van der Waals surface area (Å²) in [5.74, 6) is -1.40. The zero-order valence-electron chi connectivity index (χ0n) is 17.4. The molecule has 1 unspecified atom stereocenters. The lowest BCUT2D eigenvalue weighted by Gasteiger charge is -2.20. The number of amides is 1. The molecule has 4 nitrogen and oxygen atoms in total. The van der Waals surface area contributed by atoms with Crippen molar-refractivity contribution >= 4 is 39.8 Å².